The van der Waals surface area contributed by atoms with Gasteiger partial charge < -0.3 is 10.7 Å². The molecule has 3 heterocycles. The third-order valence-corrected chi connectivity index (χ3v) is 5.87. The van der Waals surface area contributed by atoms with Crippen LogP contribution in [0.25, 0.3) is 22.4 Å². The number of primary amides is 1. The molecule has 0 spiro atoms. The predicted octanol–water partition coefficient (Wildman–Crippen LogP) is 4.53. The molecule has 3 aromatic heterocycles. The van der Waals surface area contributed by atoms with Crippen molar-refractivity contribution in [2.24, 2.45) is 5.73 Å². The number of aryl methyl sites for hydroxylation is 1. The Kier molecular flexibility index (Phi) is 4.81. The maximum Gasteiger partial charge on any atom is 0.268 e. The molecule has 0 aliphatic rings. The molecule has 4 rings (SSSR count). The predicted molar refractivity (Wildman–Crippen MR) is 113 cm³/mol. The number of nitrogens with zero attached hydrogens (tertiary/aromatic N) is 1. The van der Waals surface area contributed by atoms with E-state index in [1.807, 2.05) is 48.0 Å². The van der Waals surface area contributed by atoms with Gasteiger partial charge in [-0.1, -0.05) is 29.8 Å². The summed E-state index contributed by atoms with van der Waals surface area (Å²) in [7, 11) is 0. The Morgan fingerprint density at radius 3 is 2.61 bits per heavy atom. The van der Waals surface area contributed by atoms with Crippen LogP contribution in [-0.4, -0.2) is 21.8 Å². The summed E-state index contributed by atoms with van der Waals surface area (Å²) in [5.41, 5.74) is 10.0. The topological polar surface area (TPSA) is 101 Å². The number of amides is 2. The van der Waals surface area contributed by atoms with Crippen molar-refractivity contribution in [2.45, 2.75) is 6.92 Å². The fourth-order valence-electron chi connectivity index (χ4n) is 2.75. The van der Waals surface area contributed by atoms with Gasteiger partial charge in [0.2, 0.25) is 0 Å². The van der Waals surface area contributed by atoms with Crippen molar-refractivity contribution in [1.29, 1.82) is 0 Å². The zero-order valence-corrected chi connectivity index (χ0v) is 16.5. The summed E-state index contributed by atoms with van der Waals surface area (Å²) in [4.78, 5) is 31.9. The van der Waals surface area contributed by atoms with Crippen LogP contribution >= 0.6 is 22.7 Å². The summed E-state index contributed by atoms with van der Waals surface area (Å²) in [6, 6.07) is 11.7. The molecule has 0 fully saturated rings. The molecule has 0 saturated heterocycles. The van der Waals surface area contributed by atoms with Gasteiger partial charge in [0, 0.05) is 22.7 Å². The number of carbonyl (C=O) groups excluding carboxylic acids is 2. The lowest BCUT2D eigenvalue weighted by Gasteiger charge is -2.04. The summed E-state index contributed by atoms with van der Waals surface area (Å²) in [5.74, 6) is -0.727. The normalized spacial score (nSPS) is 10.8. The minimum atomic E-state index is -0.531. The molecular formula is C20H16N4O2S2. The van der Waals surface area contributed by atoms with E-state index in [0.29, 0.717) is 21.4 Å². The fraction of sp³-hybridized carbons (Fsp3) is 0.0500. The second-order valence-electron chi connectivity index (χ2n) is 6.19. The number of aromatic amines is 1. The fourth-order valence-corrected chi connectivity index (χ4v) is 4.27. The molecule has 1 aromatic carbocycles. The Morgan fingerprint density at radius 1 is 1.11 bits per heavy atom. The number of anilines is 1. The highest BCUT2D eigenvalue weighted by Gasteiger charge is 2.17. The van der Waals surface area contributed by atoms with Gasteiger partial charge in [0.05, 0.1) is 5.69 Å². The first-order valence-corrected chi connectivity index (χ1v) is 10.2. The summed E-state index contributed by atoms with van der Waals surface area (Å²) >= 11 is 2.72. The van der Waals surface area contributed by atoms with Crippen LogP contribution in [0.15, 0.2) is 53.4 Å². The Labute approximate surface area is 169 Å². The monoisotopic (exact) mass is 408 g/mol. The summed E-state index contributed by atoms with van der Waals surface area (Å²) in [6.07, 6.45) is 1.66. The van der Waals surface area contributed by atoms with Gasteiger partial charge in [-0.05, 0) is 30.0 Å². The molecule has 0 atom stereocenters. The lowest BCUT2D eigenvalue weighted by atomic mass is 10.0. The highest BCUT2D eigenvalue weighted by molar-refractivity contribution is 7.15. The Hall–Kier alpha value is -3.23. The number of hydrogen-bond donors (Lipinski definition) is 3. The van der Waals surface area contributed by atoms with Crippen molar-refractivity contribution in [2.75, 3.05) is 5.32 Å². The number of hydrogen-bond acceptors (Lipinski definition) is 5. The van der Waals surface area contributed by atoms with Crippen LogP contribution in [0.3, 0.4) is 0 Å². The highest BCUT2D eigenvalue weighted by atomic mass is 32.1. The van der Waals surface area contributed by atoms with E-state index in [1.54, 1.807) is 12.3 Å². The number of carbonyl (C=O) groups is 2. The van der Waals surface area contributed by atoms with Crippen LogP contribution in [0.1, 0.15) is 25.7 Å². The number of benzene rings is 1. The first kappa shape index (κ1) is 18.1. The second kappa shape index (κ2) is 7.41. The summed E-state index contributed by atoms with van der Waals surface area (Å²) in [5, 5.41) is 7.08. The van der Waals surface area contributed by atoms with Crippen molar-refractivity contribution >= 4 is 39.6 Å². The van der Waals surface area contributed by atoms with Crippen molar-refractivity contribution < 1.29 is 9.59 Å². The number of rotatable bonds is 5. The van der Waals surface area contributed by atoms with E-state index in [-0.39, 0.29) is 5.91 Å². The van der Waals surface area contributed by atoms with E-state index < -0.39 is 5.91 Å². The van der Waals surface area contributed by atoms with E-state index in [4.69, 9.17) is 5.73 Å². The van der Waals surface area contributed by atoms with E-state index in [2.05, 4.69) is 15.3 Å². The molecule has 0 unspecified atom stereocenters. The zero-order chi connectivity index (χ0) is 19.7. The molecule has 28 heavy (non-hydrogen) atoms. The second-order valence-corrected chi connectivity index (χ2v) is 7.96. The highest BCUT2D eigenvalue weighted by Crippen LogP contribution is 2.31. The number of thiazole rings is 1. The Balaban J connectivity index is 1.54. The maximum absolute atomic E-state index is 12.8. The molecule has 140 valence electrons. The first-order valence-electron chi connectivity index (χ1n) is 8.41. The van der Waals surface area contributed by atoms with Crippen LogP contribution in [-0.2, 0) is 0 Å². The molecule has 0 bridgehead atoms. The molecule has 0 radical (unpaired) electrons. The van der Waals surface area contributed by atoms with Crippen molar-refractivity contribution in [3.8, 4) is 22.4 Å². The van der Waals surface area contributed by atoms with E-state index >= 15 is 0 Å². The van der Waals surface area contributed by atoms with Crippen molar-refractivity contribution in [3.63, 3.8) is 0 Å². The smallest absolute Gasteiger partial charge is 0.268 e. The summed E-state index contributed by atoms with van der Waals surface area (Å²) in [6.45, 7) is 2.03. The summed E-state index contributed by atoms with van der Waals surface area (Å²) < 4.78 is 0. The van der Waals surface area contributed by atoms with E-state index in [0.717, 1.165) is 16.7 Å². The zero-order valence-electron chi connectivity index (χ0n) is 14.9. The quantitative estimate of drug-likeness (QED) is 0.452. The SMILES string of the molecule is Cc1ccc(-c2ccsc2C(=O)Nc2nc(-c3c[nH]c(C(N)=O)c3)cs2)cc1. The molecule has 0 aliphatic carbocycles. The molecule has 0 saturated carbocycles. The number of H-pyrrole nitrogens is 1. The average molecular weight is 409 g/mol. The van der Waals surface area contributed by atoms with Crippen molar-refractivity contribution in [1.82, 2.24) is 9.97 Å². The van der Waals surface area contributed by atoms with Crippen LogP contribution < -0.4 is 11.1 Å². The molecule has 2 amide bonds. The maximum atomic E-state index is 12.8. The number of nitrogens with one attached hydrogen (secondary N) is 2. The van der Waals surface area contributed by atoms with Crippen molar-refractivity contribution in [3.05, 3.63) is 69.5 Å². The van der Waals surface area contributed by atoms with Crippen LogP contribution in [0.2, 0.25) is 0 Å². The Bertz CT molecular complexity index is 1160. The number of nitrogens with two attached hydrogens (primary N) is 1. The largest absolute Gasteiger partial charge is 0.364 e. The molecule has 4 aromatic rings. The Morgan fingerprint density at radius 2 is 1.89 bits per heavy atom. The minimum Gasteiger partial charge on any atom is -0.364 e. The number of aromatic nitrogens is 2. The van der Waals surface area contributed by atoms with Gasteiger partial charge in [0.15, 0.2) is 5.13 Å². The third kappa shape index (κ3) is 3.60. The average Bonchev–Trinajstić information content (AvgIpc) is 3.42. The molecule has 8 heteroatoms. The first-order chi connectivity index (χ1) is 13.5. The van der Waals surface area contributed by atoms with Crippen LogP contribution in [0.4, 0.5) is 5.13 Å². The van der Waals surface area contributed by atoms with Gasteiger partial charge in [-0.2, -0.15) is 0 Å². The van der Waals surface area contributed by atoms with Gasteiger partial charge in [-0.3, -0.25) is 14.9 Å². The van der Waals surface area contributed by atoms with Gasteiger partial charge in [0.25, 0.3) is 11.8 Å². The molecular weight excluding hydrogens is 392 g/mol. The van der Waals surface area contributed by atoms with Gasteiger partial charge in [0.1, 0.15) is 10.6 Å². The lowest BCUT2D eigenvalue weighted by Crippen LogP contribution is -2.11. The number of thiophene rings is 1. The van der Waals surface area contributed by atoms with Gasteiger partial charge in [-0.25, -0.2) is 4.98 Å². The van der Waals surface area contributed by atoms with E-state index in [9.17, 15) is 9.59 Å². The molecule has 4 N–H and O–H groups in total. The molecule has 0 aliphatic heterocycles. The third-order valence-electron chi connectivity index (χ3n) is 4.20. The lowest BCUT2D eigenvalue weighted by molar-refractivity contribution is 0.0994. The van der Waals surface area contributed by atoms with Crippen LogP contribution in [0, 0.1) is 6.92 Å². The van der Waals surface area contributed by atoms with E-state index in [1.165, 1.54) is 28.2 Å². The van der Waals surface area contributed by atoms with Crippen LogP contribution in [0.5, 0.6) is 0 Å². The van der Waals surface area contributed by atoms with Gasteiger partial charge in [-0.15, -0.1) is 22.7 Å². The minimum absolute atomic E-state index is 0.196. The standard InChI is InChI=1S/C20H16N4O2S2/c1-11-2-4-12(5-3-11)14-6-7-27-17(14)19(26)24-20-23-16(10-28-20)13-8-15(18(21)25)22-9-13/h2-10,22H,1H3,(H2,21,25)(H,23,24,26). The van der Waals surface area contributed by atoms with Gasteiger partial charge >= 0.3 is 0 Å². The molecule has 6 nitrogen and oxygen atoms in total.